The zero-order valence-corrected chi connectivity index (χ0v) is 10.6. The lowest BCUT2D eigenvalue weighted by Crippen LogP contribution is -2.52. The average Bonchev–Trinajstić information content (AvgIpc) is 2.73. The van der Waals surface area contributed by atoms with Gasteiger partial charge in [-0.05, 0) is 26.7 Å². The van der Waals surface area contributed by atoms with Crippen molar-refractivity contribution in [3.05, 3.63) is 0 Å². The number of hydrogen-bond acceptors (Lipinski definition) is 3. The smallest absolute Gasteiger partial charge is 0.326 e. The number of amides is 3. The van der Waals surface area contributed by atoms with Gasteiger partial charge >= 0.3 is 12.0 Å². The molecule has 0 aliphatic carbocycles. The van der Waals surface area contributed by atoms with Crippen molar-refractivity contribution in [2.24, 2.45) is 5.73 Å². The van der Waals surface area contributed by atoms with Gasteiger partial charge in [0.2, 0.25) is 5.91 Å². The maximum atomic E-state index is 12.2. The van der Waals surface area contributed by atoms with E-state index in [2.05, 4.69) is 0 Å². The molecular weight excluding hydrogens is 238 g/mol. The fourth-order valence-corrected chi connectivity index (χ4v) is 2.06. The van der Waals surface area contributed by atoms with E-state index < -0.39 is 23.9 Å². The van der Waals surface area contributed by atoms with Crippen molar-refractivity contribution in [2.45, 2.75) is 38.8 Å². The number of carbonyl (C=O) groups is 3. The van der Waals surface area contributed by atoms with Crippen LogP contribution in [0.4, 0.5) is 4.79 Å². The summed E-state index contributed by atoms with van der Waals surface area (Å²) in [6.07, 6.45) is 1.11. The van der Waals surface area contributed by atoms with Crippen LogP contribution in [0.2, 0.25) is 0 Å². The standard InChI is InChI=1S/C11H19N3O4/c1-7(2)14(6-9(12)15)11(18)13-5-3-4-8(13)10(16)17/h7-8H,3-6H2,1-2H3,(H2,12,15)(H,16,17)/t8-/m0/s1. The predicted octanol–water partition coefficient (Wildman–Crippen LogP) is -0.149. The van der Waals surface area contributed by atoms with Crippen LogP contribution in [0.25, 0.3) is 0 Å². The molecule has 102 valence electrons. The lowest BCUT2D eigenvalue weighted by atomic mass is 10.2. The van der Waals surface area contributed by atoms with Gasteiger partial charge in [-0.15, -0.1) is 0 Å². The second kappa shape index (κ2) is 5.70. The molecule has 1 fully saturated rings. The summed E-state index contributed by atoms with van der Waals surface area (Å²) >= 11 is 0. The minimum atomic E-state index is -1.01. The molecule has 1 heterocycles. The first kappa shape index (κ1) is 14.3. The Morgan fingerprint density at radius 1 is 1.44 bits per heavy atom. The molecule has 0 aromatic heterocycles. The van der Waals surface area contributed by atoms with E-state index in [4.69, 9.17) is 10.8 Å². The van der Waals surface area contributed by atoms with Crippen molar-refractivity contribution in [3.8, 4) is 0 Å². The van der Waals surface area contributed by atoms with E-state index in [1.165, 1.54) is 9.80 Å². The number of carbonyl (C=O) groups excluding carboxylic acids is 2. The number of carboxylic acids is 1. The molecule has 0 saturated carbocycles. The highest BCUT2D eigenvalue weighted by Crippen LogP contribution is 2.20. The lowest BCUT2D eigenvalue weighted by Gasteiger charge is -2.32. The summed E-state index contributed by atoms with van der Waals surface area (Å²) in [6.45, 7) is 3.72. The van der Waals surface area contributed by atoms with Crippen molar-refractivity contribution in [1.82, 2.24) is 9.80 Å². The third-order valence-electron chi connectivity index (χ3n) is 2.98. The minimum Gasteiger partial charge on any atom is -0.480 e. The van der Waals surface area contributed by atoms with Crippen LogP contribution in [0.3, 0.4) is 0 Å². The molecule has 0 radical (unpaired) electrons. The van der Waals surface area contributed by atoms with Gasteiger partial charge in [-0.3, -0.25) is 4.79 Å². The Labute approximate surface area is 106 Å². The largest absolute Gasteiger partial charge is 0.480 e. The van der Waals surface area contributed by atoms with Crippen LogP contribution < -0.4 is 5.73 Å². The molecule has 1 atom stereocenters. The molecule has 0 aromatic carbocycles. The second-order valence-electron chi connectivity index (χ2n) is 4.66. The Morgan fingerprint density at radius 3 is 2.50 bits per heavy atom. The Morgan fingerprint density at radius 2 is 2.06 bits per heavy atom. The molecule has 3 N–H and O–H groups in total. The van der Waals surface area contributed by atoms with E-state index in [1.54, 1.807) is 13.8 Å². The summed E-state index contributed by atoms with van der Waals surface area (Å²) in [5.41, 5.74) is 5.09. The van der Waals surface area contributed by atoms with Crippen molar-refractivity contribution in [1.29, 1.82) is 0 Å². The number of rotatable bonds is 4. The number of nitrogens with zero attached hydrogens (tertiary/aromatic N) is 2. The number of primary amides is 1. The molecule has 18 heavy (non-hydrogen) atoms. The van der Waals surface area contributed by atoms with E-state index >= 15 is 0 Å². The zero-order valence-electron chi connectivity index (χ0n) is 10.6. The maximum absolute atomic E-state index is 12.2. The summed E-state index contributed by atoms with van der Waals surface area (Å²) in [5, 5.41) is 9.03. The summed E-state index contributed by atoms with van der Waals surface area (Å²) < 4.78 is 0. The first-order valence-corrected chi connectivity index (χ1v) is 5.93. The highest BCUT2D eigenvalue weighted by Gasteiger charge is 2.37. The summed E-state index contributed by atoms with van der Waals surface area (Å²) in [4.78, 5) is 36.8. The summed E-state index contributed by atoms with van der Waals surface area (Å²) in [5.74, 6) is -1.62. The highest BCUT2D eigenvalue weighted by atomic mass is 16.4. The molecule has 3 amide bonds. The molecule has 1 aliphatic rings. The van der Waals surface area contributed by atoms with Gasteiger partial charge in [-0.2, -0.15) is 0 Å². The quantitative estimate of drug-likeness (QED) is 0.730. The van der Waals surface area contributed by atoms with Gasteiger partial charge in [0.25, 0.3) is 0 Å². The summed E-state index contributed by atoms with van der Waals surface area (Å²) in [6, 6.07) is -1.44. The third kappa shape index (κ3) is 3.12. The lowest BCUT2D eigenvalue weighted by molar-refractivity contribution is -0.141. The number of likely N-dealkylation sites (tertiary alicyclic amines) is 1. The molecule has 1 aliphatic heterocycles. The molecule has 7 heteroatoms. The van der Waals surface area contributed by atoms with Crippen molar-refractivity contribution in [3.63, 3.8) is 0 Å². The molecule has 1 rings (SSSR count). The van der Waals surface area contributed by atoms with Crippen LogP contribution in [0.5, 0.6) is 0 Å². The molecule has 0 bridgehead atoms. The average molecular weight is 257 g/mol. The van der Waals surface area contributed by atoms with Crippen LogP contribution in [0.1, 0.15) is 26.7 Å². The summed E-state index contributed by atoms with van der Waals surface area (Å²) in [7, 11) is 0. The molecule has 0 aromatic rings. The van der Waals surface area contributed by atoms with Crippen LogP contribution >= 0.6 is 0 Å². The Balaban J connectivity index is 2.82. The monoisotopic (exact) mass is 257 g/mol. The molecule has 0 spiro atoms. The molecule has 0 unspecified atom stereocenters. The molecule has 7 nitrogen and oxygen atoms in total. The number of nitrogens with two attached hydrogens (primary N) is 1. The first-order chi connectivity index (χ1) is 8.34. The van der Waals surface area contributed by atoms with E-state index in [9.17, 15) is 14.4 Å². The Kier molecular flexibility index (Phi) is 4.52. The van der Waals surface area contributed by atoms with Gasteiger partial charge in [0.05, 0.1) is 0 Å². The number of aliphatic carboxylic acids is 1. The van der Waals surface area contributed by atoms with E-state index in [0.717, 1.165) is 0 Å². The van der Waals surface area contributed by atoms with E-state index in [1.807, 2.05) is 0 Å². The number of hydrogen-bond donors (Lipinski definition) is 2. The van der Waals surface area contributed by atoms with Gasteiger partial charge in [0.1, 0.15) is 12.6 Å². The van der Waals surface area contributed by atoms with Crippen LogP contribution in [-0.4, -0.2) is 58.0 Å². The van der Waals surface area contributed by atoms with Gasteiger partial charge < -0.3 is 20.6 Å². The van der Waals surface area contributed by atoms with Crippen LogP contribution in [-0.2, 0) is 9.59 Å². The van der Waals surface area contributed by atoms with Gasteiger partial charge in [0.15, 0.2) is 0 Å². The van der Waals surface area contributed by atoms with Crippen molar-refractivity contribution >= 4 is 17.9 Å². The van der Waals surface area contributed by atoms with Gasteiger partial charge in [0, 0.05) is 12.6 Å². The number of carboxylic acid groups (broad SMARTS) is 1. The fourth-order valence-electron chi connectivity index (χ4n) is 2.06. The highest BCUT2D eigenvalue weighted by molar-refractivity contribution is 5.86. The van der Waals surface area contributed by atoms with Crippen LogP contribution in [0.15, 0.2) is 0 Å². The SMILES string of the molecule is CC(C)N(CC(N)=O)C(=O)N1CCC[C@H]1C(=O)O. The number of urea groups is 1. The molecule has 1 saturated heterocycles. The van der Waals surface area contributed by atoms with Gasteiger partial charge in [-0.25, -0.2) is 9.59 Å². The Bertz CT molecular complexity index is 352. The van der Waals surface area contributed by atoms with Gasteiger partial charge in [-0.1, -0.05) is 0 Å². The Hall–Kier alpha value is -1.79. The van der Waals surface area contributed by atoms with Crippen molar-refractivity contribution in [2.75, 3.05) is 13.1 Å². The fraction of sp³-hybridized carbons (Fsp3) is 0.727. The third-order valence-corrected chi connectivity index (χ3v) is 2.98. The van der Waals surface area contributed by atoms with Crippen molar-refractivity contribution < 1.29 is 19.5 Å². The normalized spacial score (nSPS) is 19.1. The topological polar surface area (TPSA) is 104 Å². The maximum Gasteiger partial charge on any atom is 0.326 e. The predicted molar refractivity (Wildman–Crippen MR) is 63.8 cm³/mol. The van der Waals surface area contributed by atoms with E-state index in [-0.39, 0.29) is 12.6 Å². The second-order valence-corrected chi connectivity index (χ2v) is 4.66. The zero-order chi connectivity index (χ0) is 13.9. The van der Waals surface area contributed by atoms with Crippen LogP contribution in [0, 0.1) is 0 Å². The molecular formula is C11H19N3O4. The van der Waals surface area contributed by atoms with E-state index in [0.29, 0.717) is 19.4 Å². The minimum absolute atomic E-state index is 0.195. The first-order valence-electron chi connectivity index (χ1n) is 5.93.